The number of hydrogen-bond donors (Lipinski definition) is 0. The monoisotopic (exact) mass is 340 g/mol. The molecular weight excluding hydrogens is 324 g/mol. The van der Waals surface area contributed by atoms with E-state index in [9.17, 15) is 9.59 Å². The molecule has 0 radical (unpaired) electrons. The molecule has 0 bridgehead atoms. The second kappa shape index (κ2) is 5.54. The lowest BCUT2D eigenvalue weighted by atomic mass is 9.75. The molecule has 1 saturated heterocycles. The number of ketones is 2. The van der Waals surface area contributed by atoms with Gasteiger partial charge in [0.1, 0.15) is 6.10 Å². The summed E-state index contributed by atoms with van der Waals surface area (Å²) in [5.74, 6) is -0.128. The third kappa shape index (κ3) is 2.23. The van der Waals surface area contributed by atoms with Gasteiger partial charge < -0.3 is 4.74 Å². The highest BCUT2D eigenvalue weighted by Gasteiger charge is 2.56. The number of carbonyl (C=O) groups is 2. The van der Waals surface area contributed by atoms with Crippen molar-refractivity contribution < 1.29 is 14.3 Å². The van der Waals surface area contributed by atoms with E-state index in [1.54, 1.807) is 24.3 Å². The van der Waals surface area contributed by atoms with Crippen molar-refractivity contribution in [3.05, 3.63) is 70.2 Å². The standard InChI is InChI=1S/C20H17ClO3/c1-2-20(18(22)14-8-3-4-9-15(14)19(20)23)11-16-17(24-16)12-6-5-7-13(21)10-12/h3-10,16-17H,2,11H2,1H3/t16-,17+/m0/s1. The van der Waals surface area contributed by atoms with Crippen LogP contribution in [0, 0.1) is 5.41 Å². The molecule has 3 nitrogen and oxygen atoms in total. The van der Waals surface area contributed by atoms with Gasteiger partial charge in [-0.15, -0.1) is 0 Å². The van der Waals surface area contributed by atoms with Crippen molar-refractivity contribution >= 4 is 23.2 Å². The fraction of sp³-hybridized carbons (Fsp3) is 0.300. The van der Waals surface area contributed by atoms with Gasteiger partial charge in [0, 0.05) is 16.1 Å². The number of carbonyl (C=O) groups excluding carboxylic acids is 2. The van der Waals surface area contributed by atoms with Crippen molar-refractivity contribution in [3.8, 4) is 0 Å². The van der Waals surface area contributed by atoms with E-state index in [2.05, 4.69) is 0 Å². The predicted molar refractivity (Wildman–Crippen MR) is 91.5 cm³/mol. The van der Waals surface area contributed by atoms with Gasteiger partial charge in [-0.3, -0.25) is 9.59 Å². The molecular formula is C20H17ClO3. The highest BCUT2D eigenvalue weighted by atomic mass is 35.5. The SMILES string of the molecule is CCC1(C[C@@H]2O[C@@H]2c2cccc(Cl)c2)C(=O)c2ccccc2C1=O. The predicted octanol–water partition coefficient (Wildman–Crippen LogP) is 4.65. The molecule has 1 heterocycles. The molecule has 2 aliphatic rings. The van der Waals surface area contributed by atoms with Crippen LogP contribution < -0.4 is 0 Å². The quantitative estimate of drug-likeness (QED) is 0.601. The number of fused-ring (bicyclic) bond motifs is 1. The summed E-state index contributed by atoms with van der Waals surface area (Å²) in [6.07, 6.45) is 0.705. The molecule has 2 atom stereocenters. The van der Waals surface area contributed by atoms with Crippen molar-refractivity contribution in [2.24, 2.45) is 5.41 Å². The van der Waals surface area contributed by atoms with E-state index in [4.69, 9.17) is 16.3 Å². The maximum absolute atomic E-state index is 12.9. The van der Waals surface area contributed by atoms with Crippen molar-refractivity contribution in [2.45, 2.75) is 32.0 Å². The molecule has 4 rings (SSSR count). The van der Waals surface area contributed by atoms with Gasteiger partial charge in [-0.2, -0.15) is 0 Å². The van der Waals surface area contributed by atoms with Gasteiger partial charge in [0.15, 0.2) is 11.6 Å². The number of rotatable bonds is 4. The number of Topliss-reactive ketones (excluding diaryl/α,β-unsaturated/α-hetero) is 2. The Morgan fingerprint density at radius 1 is 1.04 bits per heavy atom. The number of epoxide rings is 1. The maximum Gasteiger partial charge on any atom is 0.177 e. The molecule has 0 amide bonds. The fourth-order valence-electron chi connectivity index (χ4n) is 3.77. The fourth-order valence-corrected chi connectivity index (χ4v) is 3.97. The molecule has 0 saturated carbocycles. The van der Waals surface area contributed by atoms with Gasteiger partial charge in [-0.05, 0) is 30.5 Å². The first-order valence-corrected chi connectivity index (χ1v) is 8.54. The van der Waals surface area contributed by atoms with E-state index in [-0.39, 0.29) is 23.8 Å². The minimum Gasteiger partial charge on any atom is -0.364 e. The van der Waals surface area contributed by atoms with Crippen LogP contribution in [0.3, 0.4) is 0 Å². The highest BCUT2D eigenvalue weighted by Crippen LogP contribution is 2.51. The zero-order valence-electron chi connectivity index (χ0n) is 13.3. The van der Waals surface area contributed by atoms with Gasteiger partial charge in [0.25, 0.3) is 0 Å². The lowest BCUT2D eigenvalue weighted by Crippen LogP contribution is -2.34. The summed E-state index contributed by atoms with van der Waals surface area (Å²) in [6, 6.07) is 14.6. The average Bonchev–Trinajstić information content (AvgIpc) is 3.33. The molecule has 24 heavy (non-hydrogen) atoms. The number of benzene rings is 2. The van der Waals surface area contributed by atoms with Crippen LogP contribution in [0.5, 0.6) is 0 Å². The van der Waals surface area contributed by atoms with Crippen molar-refractivity contribution in [1.29, 1.82) is 0 Å². The largest absolute Gasteiger partial charge is 0.364 e. The van der Waals surface area contributed by atoms with Crippen LogP contribution in [-0.4, -0.2) is 17.7 Å². The van der Waals surface area contributed by atoms with Gasteiger partial charge in [0.2, 0.25) is 0 Å². The lowest BCUT2D eigenvalue weighted by molar-refractivity contribution is 0.0659. The minimum absolute atomic E-state index is 0.0639. The molecule has 1 fully saturated rings. The van der Waals surface area contributed by atoms with Crippen LogP contribution in [-0.2, 0) is 4.74 Å². The molecule has 0 unspecified atom stereocenters. The van der Waals surface area contributed by atoms with Crippen LogP contribution in [0.4, 0.5) is 0 Å². The summed E-state index contributed by atoms with van der Waals surface area (Å²) in [5.41, 5.74) is 1.10. The molecule has 1 aliphatic carbocycles. The maximum atomic E-state index is 12.9. The third-order valence-corrected chi connectivity index (χ3v) is 5.43. The molecule has 0 spiro atoms. The minimum atomic E-state index is -0.984. The van der Waals surface area contributed by atoms with Crippen LogP contribution in [0.1, 0.15) is 52.1 Å². The summed E-state index contributed by atoms with van der Waals surface area (Å²) >= 11 is 6.03. The summed E-state index contributed by atoms with van der Waals surface area (Å²) in [7, 11) is 0. The van der Waals surface area contributed by atoms with Gasteiger partial charge in [0.05, 0.1) is 11.5 Å². The zero-order valence-corrected chi connectivity index (χ0v) is 14.0. The van der Waals surface area contributed by atoms with E-state index < -0.39 is 5.41 Å². The molecule has 2 aromatic carbocycles. The van der Waals surface area contributed by atoms with Crippen LogP contribution in [0.25, 0.3) is 0 Å². The van der Waals surface area contributed by atoms with Crippen LogP contribution in [0.15, 0.2) is 48.5 Å². The van der Waals surface area contributed by atoms with Gasteiger partial charge in [-0.25, -0.2) is 0 Å². The number of ether oxygens (including phenoxy) is 1. The first-order valence-electron chi connectivity index (χ1n) is 8.16. The van der Waals surface area contributed by atoms with Gasteiger partial charge >= 0.3 is 0 Å². The smallest absolute Gasteiger partial charge is 0.177 e. The second-order valence-electron chi connectivity index (χ2n) is 6.49. The van der Waals surface area contributed by atoms with E-state index in [1.807, 2.05) is 31.2 Å². The van der Waals surface area contributed by atoms with E-state index in [0.29, 0.717) is 29.0 Å². The van der Waals surface area contributed by atoms with Crippen LogP contribution >= 0.6 is 11.6 Å². The Balaban J connectivity index is 1.60. The summed E-state index contributed by atoms with van der Waals surface area (Å²) in [6.45, 7) is 1.90. The topological polar surface area (TPSA) is 46.7 Å². The Hall–Kier alpha value is -1.97. The zero-order chi connectivity index (χ0) is 16.9. The third-order valence-electron chi connectivity index (χ3n) is 5.20. The Kier molecular flexibility index (Phi) is 3.59. The van der Waals surface area contributed by atoms with Crippen molar-refractivity contribution in [1.82, 2.24) is 0 Å². The summed E-state index contributed by atoms with van der Waals surface area (Å²) in [4.78, 5) is 25.8. The van der Waals surface area contributed by atoms with E-state index in [0.717, 1.165) is 5.56 Å². The number of halogens is 1. The highest BCUT2D eigenvalue weighted by molar-refractivity contribution is 6.30. The molecule has 2 aromatic rings. The first kappa shape index (κ1) is 15.6. The Labute approximate surface area is 145 Å². The lowest BCUT2D eigenvalue weighted by Gasteiger charge is -2.23. The Morgan fingerprint density at radius 3 is 2.29 bits per heavy atom. The second-order valence-corrected chi connectivity index (χ2v) is 6.93. The average molecular weight is 341 g/mol. The molecule has 0 N–H and O–H groups in total. The molecule has 1 aliphatic heterocycles. The summed E-state index contributed by atoms with van der Waals surface area (Å²) < 4.78 is 5.78. The molecule has 0 aromatic heterocycles. The Bertz CT molecular complexity index is 807. The van der Waals surface area contributed by atoms with E-state index in [1.165, 1.54) is 0 Å². The number of hydrogen-bond acceptors (Lipinski definition) is 3. The van der Waals surface area contributed by atoms with E-state index >= 15 is 0 Å². The normalized spacial score (nSPS) is 24.1. The van der Waals surface area contributed by atoms with Crippen molar-refractivity contribution in [3.63, 3.8) is 0 Å². The van der Waals surface area contributed by atoms with Gasteiger partial charge in [-0.1, -0.05) is 54.9 Å². The molecule has 122 valence electrons. The first-order chi connectivity index (χ1) is 11.6. The molecule has 4 heteroatoms. The van der Waals surface area contributed by atoms with Crippen molar-refractivity contribution in [2.75, 3.05) is 0 Å². The summed E-state index contributed by atoms with van der Waals surface area (Å²) in [5, 5.41) is 0.660. The van der Waals surface area contributed by atoms with Crippen LogP contribution in [0.2, 0.25) is 5.02 Å². The Morgan fingerprint density at radius 2 is 1.71 bits per heavy atom.